The van der Waals surface area contributed by atoms with Crippen LogP contribution in [-0.4, -0.2) is 18.3 Å². The first-order valence-electron chi connectivity index (χ1n) is 6.35. The Labute approximate surface area is 113 Å². The number of ether oxygens (including phenoxy) is 2. The van der Waals surface area contributed by atoms with Crippen molar-refractivity contribution in [3.8, 4) is 11.5 Å². The molecule has 1 aliphatic heterocycles. The quantitative estimate of drug-likeness (QED) is 0.912. The van der Waals surface area contributed by atoms with Gasteiger partial charge in [0, 0.05) is 18.1 Å². The van der Waals surface area contributed by atoms with Crippen molar-refractivity contribution in [2.24, 2.45) is 5.92 Å². The van der Waals surface area contributed by atoms with Gasteiger partial charge in [-0.15, -0.1) is 0 Å². The van der Waals surface area contributed by atoms with Crippen molar-refractivity contribution < 1.29 is 14.6 Å². The highest BCUT2D eigenvalue weighted by Gasteiger charge is 2.19. The molecule has 4 heteroatoms. The van der Waals surface area contributed by atoms with Crippen LogP contribution in [0.5, 0.6) is 11.5 Å². The second-order valence-electron chi connectivity index (χ2n) is 5.02. The molecule has 0 aliphatic carbocycles. The Kier molecular flexibility index (Phi) is 4.36. The van der Waals surface area contributed by atoms with Crippen LogP contribution < -0.4 is 9.47 Å². The Balaban J connectivity index is 2.28. The molecule has 2 rings (SSSR count). The zero-order chi connectivity index (χ0) is 13.1. The van der Waals surface area contributed by atoms with Crippen LogP contribution in [-0.2, 0) is 0 Å². The number of aliphatic hydroxyl groups excluding tert-OH is 1. The molecule has 0 bridgehead atoms. The summed E-state index contributed by atoms with van der Waals surface area (Å²) in [6.07, 6.45) is 0.977. The minimum absolute atomic E-state index is 0.409. The Morgan fingerprint density at radius 3 is 2.44 bits per heavy atom. The Morgan fingerprint density at radius 2 is 1.83 bits per heavy atom. The lowest BCUT2D eigenvalue weighted by Crippen LogP contribution is -2.04. The van der Waals surface area contributed by atoms with Gasteiger partial charge in [0.05, 0.1) is 24.3 Å². The van der Waals surface area contributed by atoms with Gasteiger partial charge >= 0.3 is 0 Å². The minimum atomic E-state index is -0.561. The number of aliphatic hydroxyl groups is 1. The van der Waals surface area contributed by atoms with Crippen LogP contribution in [0.2, 0.25) is 5.02 Å². The molecule has 0 saturated heterocycles. The average molecular weight is 271 g/mol. The van der Waals surface area contributed by atoms with E-state index in [-0.39, 0.29) is 0 Å². The second-order valence-corrected chi connectivity index (χ2v) is 5.42. The second kappa shape index (κ2) is 5.81. The maximum Gasteiger partial charge on any atom is 0.162 e. The number of fused-ring (bicyclic) bond motifs is 1. The molecule has 0 fully saturated rings. The molecule has 0 radical (unpaired) electrons. The summed E-state index contributed by atoms with van der Waals surface area (Å²) in [6, 6.07) is 3.54. The highest BCUT2D eigenvalue weighted by molar-refractivity contribution is 6.31. The van der Waals surface area contributed by atoms with E-state index >= 15 is 0 Å². The molecule has 1 aromatic rings. The number of hydrogen-bond acceptors (Lipinski definition) is 3. The van der Waals surface area contributed by atoms with Crippen molar-refractivity contribution in [3.05, 3.63) is 22.7 Å². The fourth-order valence-electron chi connectivity index (χ4n) is 2.03. The van der Waals surface area contributed by atoms with Gasteiger partial charge < -0.3 is 14.6 Å². The van der Waals surface area contributed by atoms with Crippen molar-refractivity contribution in [2.45, 2.75) is 32.8 Å². The number of hydrogen-bond donors (Lipinski definition) is 1. The van der Waals surface area contributed by atoms with Crippen LogP contribution in [0, 0.1) is 5.92 Å². The first-order chi connectivity index (χ1) is 8.58. The Hall–Kier alpha value is -0.930. The highest BCUT2D eigenvalue weighted by Crippen LogP contribution is 2.38. The summed E-state index contributed by atoms with van der Waals surface area (Å²) in [5, 5.41) is 10.7. The zero-order valence-electron chi connectivity index (χ0n) is 10.8. The Morgan fingerprint density at radius 1 is 1.22 bits per heavy atom. The number of halogens is 1. The summed E-state index contributed by atoms with van der Waals surface area (Å²) in [4.78, 5) is 0. The lowest BCUT2D eigenvalue weighted by molar-refractivity contribution is 0.150. The summed E-state index contributed by atoms with van der Waals surface area (Å²) in [7, 11) is 0. The smallest absolute Gasteiger partial charge is 0.162 e. The molecule has 0 amide bonds. The fourth-order valence-corrected chi connectivity index (χ4v) is 2.31. The van der Waals surface area contributed by atoms with Gasteiger partial charge in [0.25, 0.3) is 0 Å². The predicted molar refractivity (Wildman–Crippen MR) is 71.5 cm³/mol. The molecule has 0 aromatic heterocycles. The van der Waals surface area contributed by atoms with E-state index in [0.29, 0.717) is 42.1 Å². The fraction of sp³-hybridized carbons (Fsp3) is 0.571. The van der Waals surface area contributed by atoms with Crippen molar-refractivity contribution in [2.75, 3.05) is 13.2 Å². The lowest BCUT2D eigenvalue weighted by atomic mass is 9.99. The molecule has 1 unspecified atom stereocenters. The number of benzene rings is 1. The monoisotopic (exact) mass is 270 g/mol. The third-order valence-corrected chi connectivity index (χ3v) is 3.25. The largest absolute Gasteiger partial charge is 0.490 e. The molecule has 1 atom stereocenters. The van der Waals surface area contributed by atoms with Crippen LogP contribution in [0.25, 0.3) is 0 Å². The summed E-state index contributed by atoms with van der Waals surface area (Å²) >= 11 is 6.20. The van der Waals surface area contributed by atoms with Crippen molar-refractivity contribution >= 4 is 11.6 Å². The standard InChI is InChI=1S/C14H19ClO3/c1-9(2)6-12(16)10-7-13-14(8-11(10)15)18-5-3-4-17-13/h7-9,12,16H,3-6H2,1-2H3. The third-order valence-electron chi connectivity index (χ3n) is 2.92. The number of rotatable bonds is 3. The average Bonchev–Trinajstić information content (AvgIpc) is 2.51. The van der Waals surface area contributed by atoms with Crippen LogP contribution in [0.15, 0.2) is 12.1 Å². The van der Waals surface area contributed by atoms with E-state index in [1.165, 1.54) is 0 Å². The van der Waals surface area contributed by atoms with Gasteiger partial charge in [-0.1, -0.05) is 25.4 Å². The molecule has 1 heterocycles. The van der Waals surface area contributed by atoms with Gasteiger partial charge in [0.1, 0.15) is 0 Å². The molecule has 1 N–H and O–H groups in total. The summed E-state index contributed by atoms with van der Waals surface area (Å²) < 4.78 is 11.2. The molecular weight excluding hydrogens is 252 g/mol. The zero-order valence-corrected chi connectivity index (χ0v) is 11.5. The molecule has 3 nitrogen and oxygen atoms in total. The van der Waals surface area contributed by atoms with Crippen LogP contribution in [0.1, 0.15) is 38.4 Å². The van der Waals surface area contributed by atoms with Crippen molar-refractivity contribution in [1.82, 2.24) is 0 Å². The molecule has 0 saturated carbocycles. The van der Waals surface area contributed by atoms with E-state index in [2.05, 4.69) is 13.8 Å². The molecular formula is C14H19ClO3. The van der Waals surface area contributed by atoms with Gasteiger partial charge in [-0.25, -0.2) is 0 Å². The van der Waals surface area contributed by atoms with Crippen molar-refractivity contribution in [3.63, 3.8) is 0 Å². The topological polar surface area (TPSA) is 38.7 Å². The summed E-state index contributed by atoms with van der Waals surface area (Å²) in [5.74, 6) is 1.75. The van der Waals surface area contributed by atoms with Crippen molar-refractivity contribution in [1.29, 1.82) is 0 Å². The van der Waals surface area contributed by atoms with Gasteiger partial charge in [-0.05, 0) is 18.4 Å². The molecule has 100 valence electrons. The maximum absolute atomic E-state index is 10.2. The normalized spacial score (nSPS) is 16.5. The highest BCUT2D eigenvalue weighted by atomic mass is 35.5. The summed E-state index contributed by atoms with van der Waals surface area (Å²) in [5.41, 5.74) is 0.717. The first-order valence-corrected chi connectivity index (χ1v) is 6.73. The van der Waals surface area contributed by atoms with E-state index < -0.39 is 6.10 Å². The van der Waals surface area contributed by atoms with Gasteiger partial charge in [0.2, 0.25) is 0 Å². The molecule has 1 aromatic carbocycles. The van der Waals surface area contributed by atoms with E-state index in [1.807, 2.05) is 0 Å². The van der Waals surface area contributed by atoms with E-state index in [9.17, 15) is 5.11 Å². The molecule has 0 spiro atoms. The van der Waals surface area contributed by atoms with Gasteiger partial charge in [-0.3, -0.25) is 0 Å². The molecule has 1 aliphatic rings. The summed E-state index contributed by atoms with van der Waals surface area (Å²) in [6.45, 7) is 5.41. The van der Waals surface area contributed by atoms with Crippen LogP contribution >= 0.6 is 11.6 Å². The van der Waals surface area contributed by atoms with E-state index in [1.54, 1.807) is 12.1 Å². The third kappa shape index (κ3) is 3.09. The van der Waals surface area contributed by atoms with Crippen LogP contribution in [0.4, 0.5) is 0 Å². The Bertz CT molecular complexity index is 418. The van der Waals surface area contributed by atoms with Crippen LogP contribution in [0.3, 0.4) is 0 Å². The maximum atomic E-state index is 10.2. The first kappa shape index (κ1) is 13.5. The van der Waals surface area contributed by atoms with E-state index in [0.717, 1.165) is 12.0 Å². The van der Waals surface area contributed by atoms with Gasteiger partial charge in [-0.2, -0.15) is 0 Å². The SMILES string of the molecule is CC(C)CC(O)c1cc2c(cc1Cl)OCCCO2. The van der Waals surface area contributed by atoms with Gasteiger partial charge in [0.15, 0.2) is 11.5 Å². The molecule has 18 heavy (non-hydrogen) atoms. The lowest BCUT2D eigenvalue weighted by Gasteiger charge is -2.17. The minimum Gasteiger partial charge on any atom is -0.490 e. The predicted octanol–water partition coefficient (Wildman–Crippen LogP) is 3.58. The van der Waals surface area contributed by atoms with E-state index in [4.69, 9.17) is 21.1 Å².